The second-order valence-corrected chi connectivity index (χ2v) is 5.54. The molecule has 3 unspecified atom stereocenters. The molecular weight excluding hydrogens is 212 g/mol. The van der Waals surface area contributed by atoms with Gasteiger partial charge in [0.1, 0.15) is 0 Å². The second-order valence-electron chi connectivity index (χ2n) is 4.27. The predicted molar refractivity (Wildman–Crippen MR) is 63.4 cm³/mol. The van der Waals surface area contributed by atoms with E-state index in [2.05, 4.69) is 6.92 Å². The van der Waals surface area contributed by atoms with Crippen LogP contribution in [0.5, 0.6) is 0 Å². The summed E-state index contributed by atoms with van der Waals surface area (Å²) < 4.78 is 10.8. The Hall–Kier alpha value is 0.230. The van der Waals surface area contributed by atoms with Crippen LogP contribution in [0.1, 0.15) is 27.2 Å². The summed E-state index contributed by atoms with van der Waals surface area (Å²) in [5.41, 5.74) is 0. The Balaban J connectivity index is 2.08. The van der Waals surface area contributed by atoms with Crippen molar-refractivity contribution in [2.75, 3.05) is 19.0 Å². The fraction of sp³-hybridized carbons (Fsp3) is 1.00. The average Bonchev–Trinajstić information content (AvgIpc) is 2.58. The molecule has 1 aliphatic rings. The van der Waals surface area contributed by atoms with Crippen LogP contribution in [0.3, 0.4) is 0 Å². The zero-order valence-electron chi connectivity index (χ0n) is 9.81. The van der Waals surface area contributed by atoms with Gasteiger partial charge in [0.2, 0.25) is 0 Å². The van der Waals surface area contributed by atoms with Crippen molar-refractivity contribution in [1.82, 2.24) is 0 Å². The molecule has 3 nitrogen and oxygen atoms in total. The summed E-state index contributed by atoms with van der Waals surface area (Å²) >= 11 is 1.80. The Bertz CT molecular complexity index is 175. The lowest BCUT2D eigenvalue weighted by atomic mass is 10.3. The minimum Gasteiger partial charge on any atom is -0.390 e. The summed E-state index contributed by atoms with van der Waals surface area (Å²) in [5.74, 6) is 0.741. The molecule has 0 aromatic heterocycles. The first-order valence-corrected chi connectivity index (χ1v) is 6.67. The van der Waals surface area contributed by atoms with E-state index >= 15 is 0 Å². The van der Waals surface area contributed by atoms with Crippen molar-refractivity contribution in [3.8, 4) is 0 Å². The van der Waals surface area contributed by atoms with Gasteiger partial charge in [-0.05, 0) is 27.2 Å². The molecule has 1 saturated heterocycles. The van der Waals surface area contributed by atoms with E-state index in [0.717, 1.165) is 18.8 Å². The van der Waals surface area contributed by atoms with Crippen molar-refractivity contribution >= 4 is 11.8 Å². The highest BCUT2D eigenvalue weighted by atomic mass is 32.2. The number of thioether (sulfide) groups is 1. The van der Waals surface area contributed by atoms with Gasteiger partial charge in [0.25, 0.3) is 0 Å². The average molecular weight is 234 g/mol. The molecule has 0 aliphatic carbocycles. The minimum atomic E-state index is -0.356. The molecule has 1 heterocycles. The van der Waals surface area contributed by atoms with Crippen LogP contribution in [0.4, 0.5) is 0 Å². The normalized spacial score (nSPS) is 28.6. The molecule has 0 aromatic carbocycles. The van der Waals surface area contributed by atoms with Gasteiger partial charge in [-0.3, -0.25) is 0 Å². The van der Waals surface area contributed by atoms with E-state index in [-0.39, 0.29) is 12.2 Å². The van der Waals surface area contributed by atoms with Gasteiger partial charge in [-0.1, -0.05) is 0 Å². The lowest BCUT2D eigenvalue weighted by molar-refractivity contribution is 0.0152. The maximum absolute atomic E-state index is 9.66. The molecule has 0 amide bonds. The molecule has 90 valence electrons. The molecular formula is C11H22O3S. The molecule has 1 rings (SSSR count). The van der Waals surface area contributed by atoms with Crippen molar-refractivity contribution in [3.05, 3.63) is 0 Å². The van der Waals surface area contributed by atoms with E-state index in [0.29, 0.717) is 18.0 Å². The third-order valence-corrected chi connectivity index (χ3v) is 4.06. The summed E-state index contributed by atoms with van der Waals surface area (Å²) in [4.78, 5) is 0. The molecule has 0 saturated carbocycles. The van der Waals surface area contributed by atoms with E-state index in [1.54, 1.807) is 11.8 Å². The number of hydrogen-bond donors (Lipinski definition) is 1. The monoisotopic (exact) mass is 234 g/mol. The van der Waals surface area contributed by atoms with Gasteiger partial charge in [-0.2, -0.15) is 11.8 Å². The fourth-order valence-corrected chi connectivity index (χ4v) is 2.70. The third kappa shape index (κ3) is 5.20. The highest BCUT2D eigenvalue weighted by Crippen LogP contribution is 2.26. The number of aliphatic hydroxyl groups excluding tert-OH is 1. The predicted octanol–water partition coefficient (Wildman–Crippen LogP) is 1.68. The zero-order valence-corrected chi connectivity index (χ0v) is 10.6. The summed E-state index contributed by atoms with van der Waals surface area (Å²) in [6.07, 6.45) is 1.26. The van der Waals surface area contributed by atoms with Crippen LogP contribution in [0.15, 0.2) is 0 Å². The minimum absolute atomic E-state index is 0.193. The molecule has 1 N–H and O–H groups in total. The van der Waals surface area contributed by atoms with Crippen LogP contribution in [0.2, 0.25) is 0 Å². The van der Waals surface area contributed by atoms with Crippen molar-refractivity contribution in [2.45, 2.75) is 50.8 Å². The van der Waals surface area contributed by atoms with E-state index in [1.807, 2.05) is 13.8 Å². The molecule has 0 spiro atoms. The highest BCUT2D eigenvalue weighted by Gasteiger charge is 2.25. The Labute approximate surface area is 96.5 Å². The first-order chi connectivity index (χ1) is 7.09. The molecule has 0 bridgehead atoms. The number of ether oxygens (including phenoxy) is 2. The van der Waals surface area contributed by atoms with Crippen molar-refractivity contribution in [2.24, 2.45) is 0 Å². The SMILES string of the molecule is CC(C)OCC(O)CSC1CCOC1C. The largest absolute Gasteiger partial charge is 0.390 e. The molecule has 4 heteroatoms. The van der Waals surface area contributed by atoms with Crippen LogP contribution in [0, 0.1) is 0 Å². The maximum Gasteiger partial charge on any atom is 0.0864 e. The Morgan fingerprint density at radius 3 is 2.80 bits per heavy atom. The lowest BCUT2D eigenvalue weighted by Gasteiger charge is -2.17. The molecule has 0 aromatic rings. The van der Waals surface area contributed by atoms with Crippen LogP contribution < -0.4 is 0 Å². The van der Waals surface area contributed by atoms with E-state index < -0.39 is 0 Å². The smallest absolute Gasteiger partial charge is 0.0864 e. The number of aliphatic hydroxyl groups is 1. The Kier molecular flexibility index (Phi) is 5.97. The summed E-state index contributed by atoms with van der Waals surface area (Å²) in [6.45, 7) is 7.35. The van der Waals surface area contributed by atoms with Gasteiger partial charge in [-0.25, -0.2) is 0 Å². The topological polar surface area (TPSA) is 38.7 Å². The quantitative estimate of drug-likeness (QED) is 0.759. The standard InChI is InChI=1S/C11H22O3S/c1-8(2)14-6-10(12)7-15-11-4-5-13-9(11)3/h8-12H,4-7H2,1-3H3. The van der Waals surface area contributed by atoms with Crippen molar-refractivity contribution < 1.29 is 14.6 Å². The van der Waals surface area contributed by atoms with E-state index in [9.17, 15) is 5.11 Å². The van der Waals surface area contributed by atoms with Crippen LogP contribution in [-0.2, 0) is 9.47 Å². The van der Waals surface area contributed by atoms with Gasteiger partial charge >= 0.3 is 0 Å². The van der Waals surface area contributed by atoms with Gasteiger partial charge in [0.15, 0.2) is 0 Å². The van der Waals surface area contributed by atoms with E-state index in [1.165, 1.54) is 0 Å². The molecule has 15 heavy (non-hydrogen) atoms. The zero-order chi connectivity index (χ0) is 11.3. The van der Waals surface area contributed by atoms with Crippen LogP contribution in [-0.4, -0.2) is 47.6 Å². The molecule has 1 fully saturated rings. The number of rotatable bonds is 6. The third-order valence-electron chi connectivity index (χ3n) is 2.43. The maximum atomic E-state index is 9.66. The van der Waals surface area contributed by atoms with Crippen LogP contribution >= 0.6 is 11.8 Å². The van der Waals surface area contributed by atoms with Gasteiger partial charge in [0, 0.05) is 17.6 Å². The molecule has 0 radical (unpaired) electrons. The van der Waals surface area contributed by atoms with Crippen LogP contribution in [0.25, 0.3) is 0 Å². The Morgan fingerprint density at radius 1 is 1.53 bits per heavy atom. The first kappa shape index (κ1) is 13.3. The number of hydrogen-bond acceptors (Lipinski definition) is 4. The van der Waals surface area contributed by atoms with Crippen molar-refractivity contribution in [3.63, 3.8) is 0 Å². The van der Waals surface area contributed by atoms with Gasteiger partial charge in [0.05, 0.1) is 24.9 Å². The van der Waals surface area contributed by atoms with E-state index in [4.69, 9.17) is 9.47 Å². The fourth-order valence-electron chi connectivity index (χ4n) is 1.52. The second kappa shape index (κ2) is 6.74. The highest BCUT2D eigenvalue weighted by molar-refractivity contribution is 8.00. The first-order valence-electron chi connectivity index (χ1n) is 5.62. The molecule has 3 atom stereocenters. The van der Waals surface area contributed by atoms with Gasteiger partial charge in [-0.15, -0.1) is 0 Å². The Morgan fingerprint density at radius 2 is 2.27 bits per heavy atom. The molecule has 1 aliphatic heterocycles. The summed E-state index contributed by atoms with van der Waals surface area (Å²) in [6, 6.07) is 0. The van der Waals surface area contributed by atoms with Gasteiger partial charge < -0.3 is 14.6 Å². The lowest BCUT2D eigenvalue weighted by Crippen LogP contribution is -2.23. The van der Waals surface area contributed by atoms with Crippen molar-refractivity contribution in [1.29, 1.82) is 0 Å². The summed E-state index contributed by atoms with van der Waals surface area (Å²) in [7, 11) is 0. The summed E-state index contributed by atoms with van der Waals surface area (Å²) in [5, 5.41) is 10.2.